The predicted octanol–water partition coefficient (Wildman–Crippen LogP) is 4.60. The van der Waals surface area contributed by atoms with E-state index in [2.05, 4.69) is 25.3 Å². The smallest absolute Gasteiger partial charge is 0.274 e. The van der Waals surface area contributed by atoms with Crippen molar-refractivity contribution >= 4 is 36.4 Å². The number of aryl methyl sites for hydroxylation is 2. The maximum absolute atomic E-state index is 13.0. The van der Waals surface area contributed by atoms with E-state index in [1.165, 1.54) is 12.8 Å². The van der Waals surface area contributed by atoms with Crippen LogP contribution in [0.25, 0.3) is 17.0 Å². The maximum atomic E-state index is 13.0. The minimum atomic E-state index is -0.221. The van der Waals surface area contributed by atoms with Crippen LogP contribution in [0, 0.1) is 13.8 Å². The molecule has 1 fully saturated rings. The normalized spacial score (nSPS) is 12.2. The lowest BCUT2D eigenvalue weighted by Gasteiger charge is -2.17. The number of fused-ring (bicyclic) bond motifs is 1. The van der Waals surface area contributed by atoms with E-state index in [1.807, 2.05) is 61.7 Å². The number of aliphatic hydroxyl groups excluding tert-OH is 1. The van der Waals surface area contributed by atoms with Gasteiger partial charge >= 0.3 is 0 Å². The maximum Gasteiger partial charge on any atom is 0.274 e. The number of imidazole rings is 1. The first-order valence-corrected chi connectivity index (χ1v) is 11.5. The first-order chi connectivity index (χ1) is 16.6. The van der Waals surface area contributed by atoms with E-state index >= 15 is 0 Å². The Hall–Kier alpha value is -3.37. The molecule has 0 aliphatic carbocycles. The quantitative estimate of drug-likeness (QED) is 0.423. The highest BCUT2D eigenvalue weighted by Gasteiger charge is 2.17. The molecule has 0 radical (unpaired) electrons. The number of aromatic nitrogens is 4. The summed E-state index contributed by atoms with van der Waals surface area (Å²) in [5.74, 6) is 0.767. The van der Waals surface area contributed by atoms with Crippen LogP contribution in [0.2, 0.25) is 0 Å². The number of carbonyl (C=O) groups is 1. The first kappa shape index (κ1) is 27.9. The molecular weight excluding hydrogens is 464 g/mol. The molecule has 9 nitrogen and oxygen atoms in total. The summed E-state index contributed by atoms with van der Waals surface area (Å²) in [5, 5.41) is 13.9. The number of amides is 1. The van der Waals surface area contributed by atoms with Gasteiger partial charge in [0.05, 0.1) is 6.20 Å². The third-order valence-corrected chi connectivity index (χ3v) is 5.47. The lowest BCUT2D eigenvalue weighted by atomic mass is 10.1. The van der Waals surface area contributed by atoms with Crippen molar-refractivity contribution in [3.63, 3.8) is 0 Å². The number of anilines is 2. The molecule has 10 heteroatoms. The highest BCUT2D eigenvalue weighted by Crippen LogP contribution is 2.25. The summed E-state index contributed by atoms with van der Waals surface area (Å²) < 4.78 is 6.88. The van der Waals surface area contributed by atoms with Gasteiger partial charge in [-0.3, -0.25) is 9.20 Å². The summed E-state index contributed by atoms with van der Waals surface area (Å²) in [7, 11) is 1.00. The Morgan fingerprint density at radius 1 is 1.09 bits per heavy atom. The molecule has 0 atom stereocenters. The van der Waals surface area contributed by atoms with Gasteiger partial charge in [-0.2, -0.15) is 18.5 Å². The number of pyridine rings is 1. The number of hydrogen-bond acceptors (Lipinski definition) is 7. The number of nitrogens with zero attached hydrogens (tertiary/aromatic N) is 5. The zero-order chi connectivity index (χ0) is 24.7. The SMILES string of the molecule is CC.CO.Cc1nc(-c2ccc(C)c(NC(=O)c3cnc4cc(N5CCCC5)ccn34)c2)no1.S. The Morgan fingerprint density at radius 2 is 1.80 bits per heavy atom. The van der Waals surface area contributed by atoms with Crippen molar-refractivity contribution < 1.29 is 14.4 Å². The summed E-state index contributed by atoms with van der Waals surface area (Å²) >= 11 is 0. The second-order valence-electron chi connectivity index (χ2n) is 7.57. The van der Waals surface area contributed by atoms with Crippen molar-refractivity contribution in [3.8, 4) is 11.4 Å². The molecule has 1 saturated heterocycles. The number of rotatable bonds is 4. The number of aliphatic hydroxyl groups is 1. The molecule has 0 bridgehead atoms. The highest BCUT2D eigenvalue weighted by molar-refractivity contribution is 7.59. The fourth-order valence-corrected chi connectivity index (χ4v) is 3.81. The molecule has 3 aromatic heterocycles. The van der Waals surface area contributed by atoms with Gasteiger partial charge < -0.3 is 19.8 Å². The van der Waals surface area contributed by atoms with E-state index in [0.717, 1.165) is 42.7 Å². The van der Waals surface area contributed by atoms with Crippen molar-refractivity contribution in [1.29, 1.82) is 0 Å². The van der Waals surface area contributed by atoms with Gasteiger partial charge in [-0.1, -0.05) is 31.1 Å². The van der Waals surface area contributed by atoms with Gasteiger partial charge in [-0.05, 0) is 37.5 Å². The Bertz CT molecular complexity index is 1250. The van der Waals surface area contributed by atoms with Gasteiger partial charge in [0, 0.05) is 56.3 Å². The van der Waals surface area contributed by atoms with Crippen LogP contribution in [0.4, 0.5) is 11.4 Å². The number of nitrogens with one attached hydrogen (secondary N) is 1. The third-order valence-electron chi connectivity index (χ3n) is 5.47. The summed E-state index contributed by atoms with van der Waals surface area (Å²) in [6.07, 6.45) is 5.96. The van der Waals surface area contributed by atoms with Gasteiger partial charge in [-0.25, -0.2) is 4.98 Å². The van der Waals surface area contributed by atoms with Gasteiger partial charge in [0.2, 0.25) is 11.7 Å². The predicted molar refractivity (Wildman–Crippen MR) is 144 cm³/mol. The number of benzene rings is 1. The second-order valence-corrected chi connectivity index (χ2v) is 7.57. The molecule has 1 amide bonds. The Balaban J connectivity index is 0.000000823. The minimum absolute atomic E-state index is 0. The average Bonchev–Trinajstić information content (AvgIpc) is 3.63. The lowest BCUT2D eigenvalue weighted by molar-refractivity contribution is 0.102. The van der Waals surface area contributed by atoms with Gasteiger partial charge in [0.15, 0.2) is 0 Å². The number of carbonyl (C=O) groups excluding carboxylic acids is 1. The molecule has 4 heterocycles. The average molecular weight is 499 g/mol. The van der Waals surface area contributed by atoms with Crippen LogP contribution in [0.3, 0.4) is 0 Å². The van der Waals surface area contributed by atoms with Crippen molar-refractivity contribution in [3.05, 3.63) is 59.9 Å². The lowest BCUT2D eigenvalue weighted by Crippen LogP contribution is -2.18. The Morgan fingerprint density at radius 3 is 2.46 bits per heavy atom. The molecule has 35 heavy (non-hydrogen) atoms. The standard InChI is InChI=1S/C22H22N6O2.C2H6.CH4O.H2S/c1-14-5-6-16(21-24-15(2)30-26-21)11-18(14)25-22(29)19-13-23-20-12-17(7-10-28(19)20)27-8-3-4-9-27;2*1-2;/h5-7,10-13H,3-4,8-9H2,1-2H3,(H,25,29);1-2H3;2H,1H3;1H2. The third kappa shape index (κ3) is 6.20. The zero-order valence-electron chi connectivity index (χ0n) is 20.9. The van der Waals surface area contributed by atoms with E-state index in [9.17, 15) is 4.79 Å². The highest BCUT2D eigenvalue weighted by atomic mass is 32.1. The van der Waals surface area contributed by atoms with Crippen LogP contribution < -0.4 is 10.2 Å². The van der Waals surface area contributed by atoms with Crippen LogP contribution >= 0.6 is 13.5 Å². The topological polar surface area (TPSA) is 109 Å². The van der Waals surface area contributed by atoms with Crippen molar-refractivity contribution in [2.45, 2.75) is 40.5 Å². The van der Waals surface area contributed by atoms with E-state index in [1.54, 1.807) is 13.1 Å². The molecular formula is C25H34N6O3S. The largest absolute Gasteiger partial charge is 0.400 e. The molecule has 0 spiro atoms. The summed E-state index contributed by atoms with van der Waals surface area (Å²) in [4.78, 5) is 24.1. The molecule has 1 aliphatic heterocycles. The van der Waals surface area contributed by atoms with Crippen LogP contribution in [-0.4, -0.2) is 50.7 Å². The second kappa shape index (κ2) is 12.9. The minimum Gasteiger partial charge on any atom is -0.400 e. The molecule has 1 aliphatic rings. The van der Waals surface area contributed by atoms with E-state index < -0.39 is 0 Å². The zero-order valence-corrected chi connectivity index (χ0v) is 21.9. The summed E-state index contributed by atoms with van der Waals surface area (Å²) in [6.45, 7) is 9.82. The van der Waals surface area contributed by atoms with Crippen LogP contribution in [0.5, 0.6) is 0 Å². The monoisotopic (exact) mass is 498 g/mol. The summed E-state index contributed by atoms with van der Waals surface area (Å²) in [5.41, 5.74) is 4.81. The van der Waals surface area contributed by atoms with Crippen LogP contribution in [-0.2, 0) is 0 Å². The van der Waals surface area contributed by atoms with E-state index in [4.69, 9.17) is 9.63 Å². The number of hydrogen-bond donors (Lipinski definition) is 2. The molecule has 2 N–H and O–H groups in total. The summed E-state index contributed by atoms with van der Waals surface area (Å²) in [6, 6.07) is 9.76. The molecule has 4 aromatic rings. The first-order valence-electron chi connectivity index (χ1n) is 11.5. The molecule has 188 valence electrons. The van der Waals surface area contributed by atoms with Crippen molar-refractivity contribution in [2.24, 2.45) is 0 Å². The fraction of sp³-hybridized carbons (Fsp3) is 0.360. The molecule has 0 saturated carbocycles. The van der Waals surface area contributed by atoms with E-state index in [-0.39, 0.29) is 19.4 Å². The van der Waals surface area contributed by atoms with Gasteiger partial charge in [-0.15, -0.1) is 0 Å². The van der Waals surface area contributed by atoms with Crippen LogP contribution in [0.1, 0.15) is 48.6 Å². The van der Waals surface area contributed by atoms with Crippen LogP contribution in [0.15, 0.2) is 47.2 Å². The van der Waals surface area contributed by atoms with Crippen molar-refractivity contribution in [1.82, 2.24) is 19.5 Å². The van der Waals surface area contributed by atoms with Gasteiger partial charge in [0.1, 0.15) is 11.3 Å². The fourth-order valence-electron chi connectivity index (χ4n) is 3.81. The molecule has 5 rings (SSSR count). The van der Waals surface area contributed by atoms with E-state index in [0.29, 0.717) is 23.1 Å². The Labute approximate surface area is 212 Å². The van der Waals surface area contributed by atoms with Gasteiger partial charge in [0.25, 0.3) is 5.91 Å². The van der Waals surface area contributed by atoms with Crippen molar-refractivity contribution in [2.75, 3.05) is 30.4 Å². The Kier molecular flexibility index (Phi) is 10.3. The molecule has 0 unspecified atom stereocenters. The molecule has 1 aromatic carbocycles.